The first-order valence-electron chi connectivity index (χ1n) is 11.2. The molecule has 1 amide bonds. The van der Waals surface area contributed by atoms with Crippen LogP contribution in [0.25, 0.3) is 17.2 Å². The molecule has 3 nitrogen and oxygen atoms in total. The predicted octanol–water partition coefficient (Wildman–Crippen LogP) is 6.88. The molecule has 0 saturated heterocycles. The largest absolute Gasteiger partial charge is 0.322 e. The summed E-state index contributed by atoms with van der Waals surface area (Å²) < 4.78 is 0. The number of ketones is 1. The highest BCUT2D eigenvalue weighted by molar-refractivity contribution is 8.00. The zero-order chi connectivity index (χ0) is 23.3. The Morgan fingerprint density at radius 2 is 1.59 bits per heavy atom. The molecule has 0 spiro atoms. The lowest BCUT2D eigenvalue weighted by Crippen LogP contribution is -2.07. The fourth-order valence-corrected chi connectivity index (χ4v) is 4.98. The maximum atomic E-state index is 12.9. The Morgan fingerprint density at radius 3 is 2.47 bits per heavy atom. The smallest absolute Gasteiger partial charge is 0.248 e. The number of anilines is 1. The highest BCUT2D eigenvalue weighted by Gasteiger charge is 2.19. The normalized spacial score (nSPS) is 11.8. The minimum atomic E-state index is -0.193. The van der Waals surface area contributed by atoms with Crippen LogP contribution in [-0.4, -0.2) is 17.4 Å². The molecular formula is C30H23NO2S. The molecule has 0 aromatic heterocycles. The first-order valence-corrected chi connectivity index (χ1v) is 12.2. The van der Waals surface area contributed by atoms with Gasteiger partial charge in [0, 0.05) is 22.2 Å². The maximum absolute atomic E-state index is 12.9. The predicted molar refractivity (Wildman–Crippen MR) is 140 cm³/mol. The summed E-state index contributed by atoms with van der Waals surface area (Å²) >= 11 is 1.48. The Labute approximate surface area is 203 Å². The van der Waals surface area contributed by atoms with Crippen molar-refractivity contribution in [3.8, 4) is 11.1 Å². The number of amides is 1. The average Bonchev–Trinajstić information content (AvgIpc) is 3.25. The summed E-state index contributed by atoms with van der Waals surface area (Å²) in [6.07, 6.45) is 4.17. The second-order valence-electron chi connectivity index (χ2n) is 8.18. The van der Waals surface area contributed by atoms with Gasteiger partial charge in [-0.25, -0.2) is 0 Å². The van der Waals surface area contributed by atoms with Gasteiger partial charge in [-0.15, -0.1) is 11.8 Å². The van der Waals surface area contributed by atoms with Crippen LogP contribution in [0, 0.1) is 0 Å². The number of thioether (sulfide) groups is 1. The maximum Gasteiger partial charge on any atom is 0.248 e. The Bertz CT molecular complexity index is 1390. The molecule has 0 saturated carbocycles. The second-order valence-corrected chi connectivity index (χ2v) is 9.23. The lowest BCUT2D eigenvalue weighted by molar-refractivity contribution is -0.111. The third-order valence-electron chi connectivity index (χ3n) is 5.81. The summed E-state index contributed by atoms with van der Waals surface area (Å²) in [6.45, 7) is 0. The van der Waals surface area contributed by atoms with Gasteiger partial charge in [-0.05, 0) is 64.6 Å². The molecule has 4 heteroatoms. The second kappa shape index (κ2) is 9.94. The van der Waals surface area contributed by atoms with Gasteiger partial charge in [0.05, 0.1) is 5.75 Å². The van der Waals surface area contributed by atoms with E-state index in [1.54, 1.807) is 6.08 Å². The van der Waals surface area contributed by atoms with Crippen molar-refractivity contribution in [1.82, 2.24) is 0 Å². The zero-order valence-electron chi connectivity index (χ0n) is 18.5. The molecule has 0 heterocycles. The topological polar surface area (TPSA) is 46.2 Å². The number of Topliss-reactive ketones (excluding diaryl/α,β-unsaturated/α-hetero) is 1. The van der Waals surface area contributed by atoms with Crippen LogP contribution in [-0.2, 0) is 11.2 Å². The molecule has 1 aliphatic rings. The number of hydrogen-bond donors (Lipinski definition) is 1. The van der Waals surface area contributed by atoms with Gasteiger partial charge < -0.3 is 5.32 Å². The Hall–Kier alpha value is -3.89. The van der Waals surface area contributed by atoms with E-state index in [1.165, 1.54) is 40.1 Å². The summed E-state index contributed by atoms with van der Waals surface area (Å²) in [4.78, 5) is 26.1. The SMILES string of the molecule is O=C(/C=C/c1ccccc1)Nc1cccc(SCC(=O)c2ccc3c(c2)Cc2ccccc2-3)c1. The van der Waals surface area contributed by atoms with Crippen LogP contribution in [0.15, 0.2) is 108 Å². The van der Waals surface area contributed by atoms with Gasteiger partial charge in [0.2, 0.25) is 5.91 Å². The van der Waals surface area contributed by atoms with E-state index in [-0.39, 0.29) is 11.7 Å². The molecule has 4 aromatic carbocycles. The van der Waals surface area contributed by atoms with Gasteiger partial charge in [0.25, 0.3) is 0 Å². The molecule has 4 aromatic rings. The van der Waals surface area contributed by atoms with Gasteiger partial charge in [-0.3, -0.25) is 9.59 Å². The third kappa shape index (κ3) is 5.03. The van der Waals surface area contributed by atoms with Crippen LogP contribution in [0.5, 0.6) is 0 Å². The standard InChI is InChI=1S/C30H23NO2S/c32-29(23-14-15-28-24(18-23)17-22-9-4-5-12-27(22)28)20-34-26-11-6-10-25(19-26)31-30(33)16-13-21-7-2-1-3-8-21/h1-16,18-19H,17,20H2,(H,31,33)/b16-13+. The Morgan fingerprint density at radius 1 is 0.794 bits per heavy atom. The zero-order valence-corrected chi connectivity index (χ0v) is 19.3. The number of nitrogens with one attached hydrogen (secondary N) is 1. The number of hydrogen-bond acceptors (Lipinski definition) is 3. The summed E-state index contributed by atoms with van der Waals surface area (Å²) in [5.74, 6) is 0.252. The van der Waals surface area contributed by atoms with Crippen molar-refractivity contribution in [2.75, 3.05) is 11.1 Å². The van der Waals surface area contributed by atoms with Crippen LogP contribution in [0.3, 0.4) is 0 Å². The molecule has 1 N–H and O–H groups in total. The van der Waals surface area contributed by atoms with Gasteiger partial charge in [0.1, 0.15) is 0 Å². The molecule has 5 rings (SSSR count). The van der Waals surface area contributed by atoms with E-state index < -0.39 is 0 Å². The van der Waals surface area contributed by atoms with Gasteiger partial charge >= 0.3 is 0 Å². The van der Waals surface area contributed by atoms with Crippen molar-refractivity contribution in [2.45, 2.75) is 11.3 Å². The summed E-state index contributed by atoms with van der Waals surface area (Å²) in [5, 5.41) is 2.88. The number of carbonyl (C=O) groups is 2. The van der Waals surface area contributed by atoms with Crippen molar-refractivity contribution in [2.24, 2.45) is 0 Å². The first kappa shape index (κ1) is 21.9. The summed E-state index contributed by atoms with van der Waals surface area (Å²) in [6, 6.07) is 31.7. The molecule has 0 atom stereocenters. The first-order chi connectivity index (χ1) is 16.7. The van der Waals surface area contributed by atoms with Crippen LogP contribution < -0.4 is 5.32 Å². The number of carbonyl (C=O) groups excluding carboxylic acids is 2. The highest BCUT2D eigenvalue weighted by Crippen LogP contribution is 2.37. The molecular weight excluding hydrogens is 438 g/mol. The number of rotatable bonds is 7. The van der Waals surface area contributed by atoms with Crippen molar-refractivity contribution < 1.29 is 9.59 Å². The van der Waals surface area contributed by atoms with E-state index in [1.807, 2.05) is 66.7 Å². The Balaban J connectivity index is 1.19. The molecule has 166 valence electrons. The van der Waals surface area contributed by atoms with Crippen LogP contribution >= 0.6 is 11.8 Å². The third-order valence-corrected chi connectivity index (χ3v) is 6.81. The quantitative estimate of drug-likeness (QED) is 0.163. The highest BCUT2D eigenvalue weighted by atomic mass is 32.2. The van der Waals surface area contributed by atoms with E-state index in [0.717, 1.165) is 22.4 Å². The van der Waals surface area contributed by atoms with Gasteiger partial charge in [0.15, 0.2) is 5.78 Å². The van der Waals surface area contributed by atoms with E-state index >= 15 is 0 Å². The molecule has 0 radical (unpaired) electrons. The van der Waals surface area contributed by atoms with Gasteiger partial charge in [-0.1, -0.05) is 72.8 Å². The van der Waals surface area contributed by atoms with Crippen LogP contribution in [0.2, 0.25) is 0 Å². The van der Waals surface area contributed by atoms with E-state index in [2.05, 4.69) is 35.6 Å². The lowest BCUT2D eigenvalue weighted by Gasteiger charge is -2.07. The molecule has 0 aliphatic heterocycles. The number of benzene rings is 4. The van der Waals surface area contributed by atoms with Crippen LogP contribution in [0.4, 0.5) is 5.69 Å². The van der Waals surface area contributed by atoms with Crippen molar-refractivity contribution >= 4 is 35.2 Å². The lowest BCUT2D eigenvalue weighted by atomic mass is 10.0. The number of fused-ring (bicyclic) bond motifs is 3. The minimum absolute atomic E-state index is 0.101. The Kier molecular flexibility index (Phi) is 6.41. The van der Waals surface area contributed by atoms with Crippen LogP contribution in [0.1, 0.15) is 27.0 Å². The molecule has 0 fully saturated rings. The summed E-state index contributed by atoms with van der Waals surface area (Å²) in [5.41, 5.74) is 7.44. The fraction of sp³-hybridized carbons (Fsp3) is 0.0667. The fourth-order valence-electron chi connectivity index (χ4n) is 4.13. The van der Waals surface area contributed by atoms with Gasteiger partial charge in [-0.2, -0.15) is 0 Å². The van der Waals surface area contributed by atoms with Crippen molar-refractivity contribution in [1.29, 1.82) is 0 Å². The van der Waals surface area contributed by atoms with E-state index in [4.69, 9.17) is 0 Å². The van der Waals surface area contributed by atoms with E-state index in [0.29, 0.717) is 11.4 Å². The van der Waals surface area contributed by atoms with E-state index in [9.17, 15) is 9.59 Å². The molecule has 0 bridgehead atoms. The summed E-state index contributed by atoms with van der Waals surface area (Å²) in [7, 11) is 0. The molecule has 34 heavy (non-hydrogen) atoms. The molecule has 1 aliphatic carbocycles. The monoisotopic (exact) mass is 461 g/mol. The molecule has 0 unspecified atom stereocenters. The van der Waals surface area contributed by atoms with Crippen molar-refractivity contribution in [3.05, 3.63) is 125 Å². The average molecular weight is 462 g/mol. The van der Waals surface area contributed by atoms with Crippen molar-refractivity contribution in [3.63, 3.8) is 0 Å². The minimum Gasteiger partial charge on any atom is -0.322 e.